The Labute approximate surface area is 220 Å². The third kappa shape index (κ3) is 6.90. The number of halogens is 1. The monoisotopic (exact) mass is 548 g/mol. The number of benzene rings is 3. The number of carbonyl (C=O) groups is 2. The van der Waals surface area contributed by atoms with Crippen LogP contribution in [-0.4, -0.2) is 46.8 Å². The van der Waals surface area contributed by atoms with Gasteiger partial charge in [0.2, 0.25) is 0 Å². The van der Waals surface area contributed by atoms with Gasteiger partial charge in [0.15, 0.2) is 5.82 Å². The summed E-state index contributed by atoms with van der Waals surface area (Å²) in [5.74, 6) is -1.96. The first kappa shape index (κ1) is 28.7. The van der Waals surface area contributed by atoms with Gasteiger partial charge in [-0.15, -0.1) is 0 Å². The Balaban J connectivity index is 2.25. The van der Waals surface area contributed by atoms with Gasteiger partial charge in [-0.1, -0.05) is 36.4 Å². The number of carbonyl (C=O) groups excluding carboxylic acids is 2. The minimum Gasteiger partial charge on any atom is -0.497 e. The first-order valence-electron chi connectivity index (χ1n) is 11.4. The fraction of sp³-hybridized carbons (Fsp3) is 0.308. The van der Waals surface area contributed by atoms with Crippen molar-refractivity contribution < 1.29 is 41.3 Å². The summed E-state index contributed by atoms with van der Waals surface area (Å²) in [5.41, 5.74) is -1.16. The second kappa shape index (κ2) is 11.7. The molecule has 0 saturated heterocycles. The van der Waals surface area contributed by atoms with E-state index in [1.54, 1.807) is 36.4 Å². The molecule has 0 heterocycles. The highest BCUT2D eigenvalue weighted by atomic mass is 32.2. The number of methoxy groups -OCH3 is 2. The van der Waals surface area contributed by atoms with Crippen LogP contribution in [0.15, 0.2) is 54.6 Å². The van der Waals surface area contributed by atoms with Crippen molar-refractivity contribution in [1.29, 1.82) is 0 Å². The molecule has 3 aromatic rings. The molecule has 0 aromatic heterocycles. The summed E-state index contributed by atoms with van der Waals surface area (Å²) in [6.45, 7) is 3.68. The van der Waals surface area contributed by atoms with Crippen LogP contribution in [-0.2, 0) is 31.1 Å². The van der Waals surface area contributed by atoms with Crippen LogP contribution in [0.5, 0.6) is 11.5 Å². The molecule has 0 fully saturated rings. The third-order valence-corrected chi connectivity index (χ3v) is 6.41. The Morgan fingerprint density at radius 1 is 1.03 bits per heavy atom. The number of hydrogen-bond donors (Lipinski definition) is 1. The van der Waals surface area contributed by atoms with Crippen LogP contribution in [0.2, 0.25) is 0 Å². The molecule has 0 spiro atoms. The number of hydrogen-bond acceptors (Lipinski definition) is 8. The minimum atomic E-state index is -4.91. The van der Waals surface area contributed by atoms with Crippen molar-refractivity contribution in [3.63, 3.8) is 0 Å². The lowest BCUT2D eigenvalue weighted by Gasteiger charge is -2.28. The Hall–Kier alpha value is -3.90. The molecule has 0 aliphatic rings. The van der Waals surface area contributed by atoms with Gasteiger partial charge >= 0.3 is 22.3 Å². The van der Waals surface area contributed by atoms with Gasteiger partial charge in [-0.05, 0) is 49.9 Å². The average Bonchev–Trinajstić information content (AvgIpc) is 2.87. The molecule has 0 aliphatic heterocycles. The summed E-state index contributed by atoms with van der Waals surface area (Å²) in [6.07, 6.45) is -1.42. The predicted octanol–water partition coefficient (Wildman–Crippen LogP) is 4.32. The molecule has 3 aromatic carbocycles. The first-order valence-corrected chi connectivity index (χ1v) is 12.9. The third-order valence-electron chi connectivity index (χ3n) is 5.09. The van der Waals surface area contributed by atoms with Gasteiger partial charge in [0.05, 0.1) is 14.2 Å². The molecule has 3 rings (SSSR count). The molecule has 0 bridgehead atoms. The molecule has 10 nitrogen and oxygen atoms in total. The van der Waals surface area contributed by atoms with E-state index in [1.165, 1.54) is 40.0 Å². The maximum atomic E-state index is 16.2. The van der Waals surface area contributed by atoms with Crippen LogP contribution in [0, 0.1) is 5.82 Å². The van der Waals surface area contributed by atoms with E-state index in [2.05, 4.69) is 4.74 Å². The number of amides is 1. The number of ether oxygens (including phenoxy) is 4. The van der Waals surface area contributed by atoms with E-state index in [-0.39, 0.29) is 22.0 Å². The van der Waals surface area contributed by atoms with Gasteiger partial charge in [-0.25, -0.2) is 9.18 Å². The van der Waals surface area contributed by atoms with Crippen molar-refractivity contribution in [3.8, 4) is 11.5 Å². The minimum absolute atomic E-state index is 0.0388. The van der Waals surface area contributed by atoms with Crippen LogP contribution >= 0.6 is 0 Å². The second-order valence-electron chi connectivity index (χ2n) is 9.05. The summed E-state index contributed by atoms with van der Waals surface area (Å²) in [7, 11) is -2.45. The van der Waals surface area contributed by atoms with E-state index in [1.807, 2.05) is 10.8 Å². The number of esters is 1. The SMILES string of the molecule is COC(=O)CNS(=O)(=O)N(C(=O)OC(C)(C)C)c1c(OCc2ccccc2)cc2ccc(OC)cc2c1F. The topological polar surface area (TPSA) is 120 Å². The van der Waals surface area contributed by atoms with E-state index < -0.39 is 45.9 Å². The molecule has 204 valence electrons. The highest BCUT2D eigenvalue weighted by Gasteiger charge is 2.38. The Bertz CT molecular complexity index is 1420. The normalized spacial score (nSPS) is 11.6. The van der Waals surface area contributed by atoms with E-state index in [4.69, 9.17) is 14.2 Å². The quantitative estimate of drug-likeness (QED) is 0.393. The Morgan fingerprint density at radius 3 is 2.32 bits per heavy atom. The Kier molecular flexibility index (Phi) is 8.79. The largest absolute Gasteiger partial charge is 0.497 e. The van der Waals surface area contributed by atoms with Gasteiger partial charge in [-0.3, -0.25) is 4.79 Å². The lowest BCUT2D eigenvalue weighted by molar-refractivity contribution is -0.139. The average molecular weight is 549 g/mol. The summed E-state index contributed by atoms with van der Waals surface area (Å²) in [4.78, 5) is 24.9. The smallest absolute Gasteiger partial charge is 0.430 e. The van der Waals surface area contributed by atoms with Crippen molar-refractivity contribution >= 4 is 38.7 Å². The van der Waals surface area contributed by atoms with Crippen LogP contribution in [0.4, 0.5) is 14.9 Å². The molecular formula is C26H29FN2O8S. The molecule has 0 unspecified atom stereocenters. The lowest BCUT2D eigenvalue weighted by atomic mass is 10.1. The lowest BCUT2D eigenvalue weighted by Crippen LogP contribution is -2.48. The van der Waals surface area contributed by atoms with Gasteiger partial charge in [-0.2, -0.15) is 17.4 Å². The highest BCUT2D eigenvalue weighted by molar-refractivity contribution is 7.91. The Morgan fingerprint density at radius 2 is 1.71 bits per heavy atom. The van der Waals surface area contributed by atoms with Crippen molar-refractivity contribution in [2.24, 2.45) is 0 Å². The molecule has 0 saturated carbocycles. The van der Waals surface area contributed by atoms with Crippen molar-refractivity contribution in [3.05, 3.63) is 66.0 Å². The van der Waals surface area contributed by atoms with E-state index in [9.17, 15) is 18.0 Å². The number of rotatable bonds is 9. The predicted molar refractivity (Wildman–Crippen MR) is 139 cm³/mol. The van der Waals surface area contributed by atoms with E-state index >= 15 is 4.39 Å². The number of nitrogens with zero attached hydrogens (tertiary/aromatic N) is 1. The van der Waals surface area contributed by atoms with Gasteiger partial charge in [0, 0.05) is 5.39 Å². The molecule has 1 amide bonds. The van der Waals surface area contributed by atoms with Crippen LogP contribution < -0.4 is 18.5 Å². The van der Waals surface area contributed by atoms with E-state index in [0.29, 0.717) is 16.7 Å². The maximum absolute atomic E-state index is 16.2. The first-order chi connectivity index (χ1) is 17.9. The van der Waals surface area contributed by atoms with Crippen LogP contribution in [0.25, 0.3) is 10.8 Å². The number of anilines is 1. The zero-order valence-corrected chi connectivity index (χ0v) is 22.4. The standard InChI is InChI=1S/C26H29FN2O8S/c1-26(2,3)37-25(31)29(38(32,33)28-15-22(30)35-5)24-21(36-16-17-9-7-6-8-10-17)13-18-11-12-19(34-4)14-20(18)23(24)27/h6-14,28H,15-16H2,1-5H3. The van der Waals surface area contributed by atoms with Gasteiger partial charge in [0.25, 0.3) is 0 Å². The van der Waals surface area contributed by atoms with Crippen molar-refractivity contribution in [2.45, 2.75) is 33.0 Å². The zero-order valence-electron chi connectivity index (χ0n) is 21.6. The fourth-order valence-corrected chi connectivity index (χ4v) is 4.43. The molecule has 0 atom stereocenters. The molecule has 12 heteroatoms. The molecule has 0 aliphatic carbocycles. The number of fused-ring (bicyclic) bond motifs is 1. The van der Waals surface area contributed by atoms with Gasteiger partial charge < -0.3 is 18.9 Å². The molecular weight excluding hydrogens is 519 g/mol. The molecule has 0 radical (unpaired) electrons. The summed E-state index contributed by atoms with van der Waals surface area (Å²) in [6, 6.07) is 14.8. The number of nitrogens with one attached hydrogen (secondary N) is 1. The van der Waals surface area contributed by atoms with E-state index in [0.717, 1.165) is 7.11 Å². The summed E-state index contributed by atoms with van der Waals surface area (Å²) >= 11 is 0. The van der Waals surface area contributed by atoms with Crippen molar-refractivity contribution in [1.82, 2.24) is 4.72 Å². The second-order valence-corrected chi connectivity index (χ2v) is 10.6. The molecule has 38 heavy (non-hydrogen) atoms. The summed E-state index contributed by atoms with van der Waals surface area (Å²) < 4.78 is 65.9. The van der Waals surface area contributed by atoms with Crippen molar-refractivity contribution in [2.75, 3.05) is 25.1 Å². The van der Waals surface area contributed by atoms with Crippen LogP contribution in [0.1, 0.15) is 26.3 Å². The fourth-order valence-electron chi connectivity index (χ4n) is 3.36. The molecule has 1 N–H and O–H groups in total. The highest BCUT2D eigenvalue weighted by Crippen LogP contribution is 2.40. The maximum Gasteiger partial charge on any atom is 0.430 e. The van der Waals surface area contributed by atoms with Gasteiger partial charge in [0.1, 0.15) is 35.9 Å². The zero-order chi connectivity index (χ0) is 28.1. The summed E-state index contributed by atoms with van der Waals surface area (Å²) in [5, 5.41) is 0.322. The van der Waals surface area contributed by atoms with Crippen LogP contribution in [0.3, 0.4) is 0 Å².